The zero-order chi connectivity index (χ0) is 19.2. The fourth-order valence-corrected chi connectivity index (χ4v) is 3.88. The maximum atomic E-state index is 9.55. The van der Waals surface area contributed by atoms with Gasteiger partial charge < -0.3 is 24.4 Å². The number of piperidine rings is 1. The van der Waals surface area contributed by atoms with Gasteiger partial charge >= 0.3 is 11.9 Å². The van der Waals surface area contributed by atoms with Gasteiger partial charge in [-0.1, -0.05) is 6.07 Å². The third-order valence-corrected chi connectivity index (χ3v) is 5.41. The molecule has 2 N–H and O–H groups in total. The minimum atomic E-state index is -1.26. The van der Waals surface area contributed by atoms with Gasteiger partial charge in [0.15, 0.2) is 5.76 Å². The van der Waals surface area contributed by atoms with Crippen molar-refractivity contribution in [2.24, 2.45) is 0 Å². The SMILES string of the molecule is O=C(O)/C=C/C(=O)O.c1csc(-c2cnc(N3CCN4CCC3CC4)o2)c1. The summed E-state index contributed by atoms with van der Waals surface area (Å²) in [5.41, 5.74) is 0. The Kier molecular flexibility index (Phi) is 6.25. The molecule has 27 heavy (non-hydrogen) atoms. The zero-order valence-corrected chi connectivity index (χ0v) is 15.5. The molecule has 5 rings (SSSR count). The van der Waals surface area contributed by atoms with Crippen LogP contribution < -0.4 is 4.90 Å². The maximum Gasteiger partial charge on any atom is 0.328 e. The van der Waals surface area contributed by atoms with Gasteiger partial charge in [0.1, 0.15) is 0 Å². The Balaban J connectivity index is 0.000000226. The van der Waals surface area contributed by atoms with E-state index in [2.05, 4.69) is 26.2 Å². The number of carboxylic acid groups (broad SMARTS) is 2. The smallest absolute Gasteiger partial charge is 0.328 e. The average Bonchev–Trinajstić information content (AvgIpc) is 3.27. The van der Waals surface area contributed by atoms with Crippen LogP contribution in [0.25, 0.3) is 10.6 Å². The number of anilines is 1. The third-order valence-electron chi connectivity index (χ3n) is 4.53. The Morgan fingerprint density at radius 2 is 1.85 bits per heavy atom. The Morgan fingerprint density at radius 1 is 1.15 bits per heavy atom. The molecule has 0 radical (unpaired) electrons. The molecule has 0 aromatic carbocycles. The van der Waals surface area contributed by atoms with Crippen LogP contribution in [0.2, 0.25) is 0 Å². The summed E-state index contributed by atoms with van der Waals surface area (Å²) in [6, 6.07) is 5.53. The molecular formula is C18H21N3O5S. The van der Waals surface area contributed by atoms with Gasteiger partial charge in [-0.3, -0.25) is 0 Å². The van der Waals surface area contributed by atoms with Gasteiger partial charge in [-0.2, -0.15) is 0 Å². The number of carboxylic acids is 2. The van der Waals surface area contributed by atoms with E-state index >= 15 is 0 Å². The molecule has 0 saturated carbocycles. The van der Waals surface area contributed by atoms with Crippen molar-refractivity contribution >= 4 is 29.3 Å². The number of hydrogen-bond acceptors (Lipinski definition) is 7. The summed E-state index contributed by atoms with van der Waals surface area (Å²) in [6.45, 7) is 4.61. The van der Waals surface area contributed by atoms with Gasteiger partial charge in [-0.25, -0.2) is 14.6 Å². The quantitative estimate of drug-likeness (QED) is 0.765. The Morgan fingerprint density at radius 3 is 2.44 bits per heavy atom. The molecule has 2 aromatic rings. The lowest BCUT2D eigenvalue weighted by atomic mass is 10.1. The summed E-state index contributed by atoms with van der Waals surface area (Å²) >= 11 is 1.69. The van der Waals surface area contributed by atoms with E-state index in [1.165, 1.54) is 25.9 Å². The minimum absolute atomic E-state index is 0.558. The molecule has 3 aliphatic rings. The van der Waals surface area contributed by atoms with Crippen LogP contribution in [0.4, 0.5) is 6.01 Å². The first-order valence-electron chi connectivity index (χ1n) is 8.65. The van der Waals surface area contributed by atoms with Crippen molar-refractivity contribution in [3.8, 4) is 10.6 Å². The number of aliphatic carboxylic acids is 2. The van der Waals surface area contributed by atoms with Crippen LogP contribution in [-0.2, 0) is 9.59 Å². The van der Waals surface area contributed by atoms with Gasteiger partial charge in [-0.15, -0.1) is 11.3 Å². The van der Waals surface area contributed by atoms with Crippen molar-refractivity contribution in [1.29, 1.82) is 0 Å². The van der Waals surface area contributed by atoms with Crippen molar-refractivity contribution in [3.63, 3.8) is 0 Å². The number of carbonyl (C=O) groups is 2. The van der Waals surface area contributed by atoms with Gasteiger partial charge in [0.2, 0.25) is 0 Å². The second kappa shape index (κ2) is 8.83. The molecule has 2 aromatic heterocycles. The first-order chi connectivity index (χ1) is 13.0. The van der Waals surface area contributed by atoms with Gasteiger partial charge in [0.05, 0.1) is 11.1 Å². The molecule has 3 saturated heterocycles. The lowest BCUT2D eigenvalue weighted by Crippen LogP contribution is -2.38. The summed E-state index contributed by atoms with van der Waals surface area (Å²) in [5.74, 6) is -1.62. The summed E-state index contributed by atoms with van der Waals surface area (Å²) in [6.07, 6.45) is 5.44. The Bertz CT molecular complexity index is 778. The second-order valence-corrected chi connectivity index (χ2v) is 7.21. The summed E-state index contributed by atoms with van der Waals surface area (Å²) < 4.78 is 5.98. The zero-order valence-electron chi connectivity index (χ0n) is 14.7. The van der Waals surface area contributed by atoms with Crippen molar-refractivity contribution in [2.45, 2.75) is 18.9 Å². The van der Waals surface area contributed by atoms with E-state index in [0.29, 0.717) is 18.2 Å². The lowest BCUT2D eigenvalue weighted by molar-refractivity contribution is -0.134. The van der Waals surface area contributed by atoms with E-state index in [1.807, 2.05) is 12.3 Å². The normalized spacial score (nSPS) is 21.6. The molecule has 0 amide bonds. The van der Waals surface area contributed by atoms with E-state index in [9.17, 15) is 9.59 Å². The molecule has 9 heteroatoms. The van der Waals surface area contributed by atoms with E-state index < -0.39 is 11.9 Å². The van der Waals surface area contributed by atoms with E-state index in [0.717, 1.165) is 29.7 Å². The number of fused-ring (bicyclic) bond motifs is 4. The van der Waals surface area contributed by atoms with Crippen molar-refractivity contribution in [2.75, 3.05) is 31.1 Å². The molecule has 8 nitrogen and oxygen atoms in total. The highest BCUT2D eigenvalue weighted by Crippen LogP contribution is 2.31. The number of rotatable bonds is 4. The highest BCUT2D eigenvalue weighted by Gasteiger charge is 2.31. The predicted octanol–water partition coefficient (Wildman–Crippen LogP) is 2.40. The van der Waals surface area contributed by atoms with Crippen LogP contribution in [-0.4, -0.2) is 64.3 Å². The van der Waals surface area contributed by atoms with Gasteiger partial charge in [-0.05, 0) is 24.3 Å². The minimum Gasteiger partial charge on any atom is -0.478 e. The largest absolute Gasteiger partial charge is 0.478 e. The summed E-state index contributed by atoms with van der Waals surface area (Å²) in [4.78, 5) is 29.7. The van der Waals surface area contributed by atoms with E-state index in [1.54, 1.807) is 11.3 Å². The van der Waals surface area contributed by atoms with E-state index in [4.69, 9.17) is 14.6 Å². The van der Waals surface area contributed by atoms with Crippen molar-refractivity contribution < 1.29 is 24.2 Å². The Hall–Kier alpha value is -2.65. The van der Waals surface area contributed by atoms with Crippen molar-refractivity contribution in [3.05, 3.63) is 35.9 Å². The first-order valence-corrected chi connectivity index (χ1v) is 9.53. The fraction of sp³-hybridized carbons (Fsp3) is 0.389. The van der Waals surface area contributed by atoms with Crippen LogP contribution in [0.5, 0.6) is 0 Å². The van der Waals surface area contributed by atoms with Crippen LogP contribution in [0.15, 0.2) is 40.3 Å². The predicted molar refractivity (Wildman–Crippen MR) is 101 cm³/mol. The van der Waals surface area contributed by atoms with Crippen LogP contribution in [0, 0.1) is 0 Å². The molecule has 0 unspecified atom stereocenters. The summed E-state index contributed by atoms with van der Waals surface area (Å²) in [7, 11) is 0. The van der Waals surface area contributed by atoms with Crippen LogP contribution in [0.1, 0.15) is 12.8 Å². The lowest BCUT2D eigenvalue weighted by Gasteiger charge is -2.30. The number of thiophene rings is 1. The molecule has 0 atom stereocenters. The van der Waals surface area contributed by atoms with Crippen LogP contribution in [0.3, 0.4) is 0 Å². The maximum absolute atomic E-state index is 9.55. The third kappa shape index (κ3) is 5.18. The number of aromatic nitrogens is 1. The number of nitrogens with zero attached hydrogens (tertiary/aromatic N) is 3. The molecular weight excluding hydrogens is 370 g/mol. The van der Waals surface area contributed by atoms with Gasteiger partial charge in [0.25, 0.3) is 6.01 Å². The Labute approximate surface area is 160 Å². The van der Waals surface area contributed by atoms with Gasteiger partial charge in [0, 0.05) is 44.4 Å². The monoisotopic (exact) mass is 391 g/mol. The number of hydrogen-bond donors (Lipinski definition) is 2. The van der Waals surface area contributed by atoms with E-state index in [-0.39, 0.29) is 0 Å². The topological polar surface area (TPSA) is 107 Å². The average molecular weight is 391 g/mol. The molecule has 2 bridgehead atoms. The number of oxazole rings is 1. The standard InChI is InChI=1S/C14H17N3OS.C4H4O4/c1-2-13(19-9-1)12-10-15-14(18-12)17-8-7-16-5-3-11(17)4-6-16;5-3(6)1-2-4(7)8/h1-2,9-11H,3-8H2;1-2H,(H,5,6)(H,7,8)/b;2-1+. The fourth-order valence-electron chi connectivity index (χ4n) is 3.21. The molecule has 5 heterocycles. The molecule has 0 spiro atoms. The highest BCUT2D eigenvalue weighted by atomic mass is 32.1. The first kappa shape index (κ1) is 19.1. The molecule has 3 fully saturated rings. The second-order valence-electron chi connectivity index (χ2n) is 6.26. The van der Waals surface area contributed by atoms with Crippen molar-refractivity contribution in [1.82, 2.24) is 9.88 Å². The molecule has 3 aliphatic heterocycles. The molecule has 0 aliphatic carbocycles. The van der Waals surface area contributed by atoms with Crippen LogP contribution >= 0.6 is 11.3 Å². The highest BCUT2D eigenvalue weighted by molar-refractivity contribution is 7.13. The molecule has 144 valence electrons. The summed E-state index contributed by atoms with van der Waals surface area (Å²) in [5, 5.41) is 17.7.